The monoisotopic (exact) mass is 367 g/mol. The minimum Gasteiger partial charge on any atom is -0.497 e. The maximum atomic E-state index is 12.9. The van der Waals surface area contributed by atoms with E-state index < -0.39 is 5.92 Å². The number of hydrogen-bond acceptors (Lipinski definition) is 6. The molecule has 2 N–H and O–H groups in total. The van der Waals surface area contributed by atoms with Gasteiger partial charge in [-0.1, -0.05) is 17.3 Å². The molecule has 140 valence electrons. The number of anilines is 1. The van der Waals surface area contributed by atoms with Crippen LogP contribution in [0.15, 0.2) is 48.5 Å². The number of aromatic amines is 1. The molecular weight excluding hydrogens is 346 g/mol. The summed E-state index contributed by atoms with van der Waals surface area (Å²) in [5.41, 5.74) is 1.61. The molecule has 0 spiro atoms. The molecule has 0 saturated carbocycles. The highest BCUT2D eigenvalue weighted by molar-refractivity contribution is 5.95. The number of H-pyrrole nitrogens is 1. The van der Waals surface area contributed by atoms with Crippen LogP contribution >= 0.6 is 0 Å². The van der Waals surface area contributed by atoms with Crippen molar-refractivity contribution in [1.82, 2.24) is 20.6 Å². The second-order valence-corrected chi connectivity index (χ2v) is 5.82. The van der Waals surface area contributed by atoms with Gasteiger partial charge in [-0.25, -0.2) is 0 Å². The molecule has 1 atom stereocenters. The van der Waals surface area contributed by atoms with Gasteiger partial charge in [0.25, 0.3) is 0 Å². The van der Waals surface area contributed by atoms with Gasteiger partial charge in [0, 0.05) is 5.69 Å². The van der Waals surface area contributed by atoms with Crippen LogP contribution in [0.1, 0.15) is 24.2 Å². The van der Waals surface area contributed by atoms with Crippen molar-refractivity contribution in [3.05, 3.63) is 59.9 Å². The average Bonchev–Trinajstić information content (AvgIpc) is 3.22. The Kier molecular flexibility index (Phi) is 5.98. The summed E-state index contributed by atoms with van der Waals surface area (Å²) in [5, 5.41) is 16.9. The zero-order valence-electron chi connectivity index (χ0n) is 15.2. The molecule has 3 aromatic rings. The summed E-state index contributed by atoms with van der Waals surface area (Å²) in [4.78, 5) is 12.9. The lowest BCUT2D eigenvalue weighted by molar-refractivity contribution is -0.117. The highest BCUT2D eigenvalue weighted by atomic mass is 16.5. The van der Waals surface area contributed by atoms with Gasteiger partial charge in [-0.05, 0) is 55.3 Å². The number of nitrogens with zero attached hydrogens (tertiary/aromatic N) is 3. The number of tetrazole rings is 1. The van der Waals surface area contributed by atoms with Crippen molar-refractivity contribution in [3.8, 4) is 11.5 Å². The SMILES string of the molecule is CCOc1ccc(NC(=O)[C@H](Cc2cccc(OC)c2)c2nn[nH]n2)cc1. The van der Waals surface area contributed by atoms with E-state index in [1.807, 2.05) is 43.3 Å². The van der Waals surface area contributed by atoms with Crippen molar-refractivity contribution >= 4 is 11.6 Å². The molecule has 0 unspecified atom stereocenters. The number of carbonyl (C=O) groups is 1. The van der Waals surface area contributed by atoms with Gasteiger partial charge in [0.05, 0.1) is 13.7 Å². The van der Waals surface area contributed by atoms with E-state index in [2.05, 4.69) is 25.9 Å². The Morgan fingerprint density at radius 3 is 2.67 bits per heavy atom. The molecule has 0 aliphatic rings. The van der Waals surface area contributed by atoms with Crippen LogP contribution in [0.2, 0.25) is 0 Å². The van der Waals surface area contributed by atoms with Gasteiger partial charge in [0.1, 0.15) is 17.4 Å². The molecule has 0 aliphatic heterocycles. The van der Waals surface area contributed by atoms with Crippen molar-refractivity contribution < 1.29 is 14.3 Å². The van der Waals surface area contributed by atoms with Gasteiger partial charge in [-0.3, -0.25) is 4.79 Å². The summed E-state index contributed by atoms with van der Waals surface area (Å²) in [6, 6.07) is 14.8. The molecule has 0 bridgehead atoms. The van der Waals surface area contributed by atoms with Gasteiger partial charge < -0.3 is 14.8 Å². The molecule has 8 heteroatoms. The summed E-state index contributed by atoms with van der Waals surface area (Å²) in [7, 11) is 1.61. The number of nitrogens with one attached hydrogen (secondary N) is 2. The third-order valence-electron chi connectivity index (χ3n) is 4.00. The first-order valence-corrected chi connectivity index (χ1v) is 8.59. The quantitative estimate of drug-likeness (QED) is 0.634. The molecule has 8 nitrogen and oxygen atoms in total. The smallest absolute Gasteiger partial charge is 0.235 e. The molecule has 0 aliphatic carbocycles. The van der Waals surface area contributed by atoms with E-state index in [0.717, 1.165) is 17.1 Å². The molecule has 0 radical (unpaired) electrons. The van der Waals surface area contributed by atoms with E-state index in [4.69, 9.17) is 9.47 Å². The van der Waals surface area contributed by atoms with Crippen LogP contribution < -0.4 is 14.8 Å². The topological polar surface area (TPSA) is 102 Å². The average molecular weight is 367 g/mol. The van der Waals surface area contributed by atoms with Gasteiger partial charge >= 0.3 is 0 Å². The predicted molar refractivity (Wildman–Crippen MR) is 99.9 cm³/mol. The number of amides is 1. The number of carbonyl (C=O) groups excluding carboxylic acids is 1. The highest BCUT2D eigenvalue weighted by Gasteiger charge is 2.25. The number of hydrogen-bond donors (Lipinski definition) is 2. The summed E-state index contributed by atoms with van der Waals surface area (Å²) in [6.07, 6.45) is 0.416. The van der Waals surface area contributed by atoms with Gasteiger partial charge in [-0.15, -0.1) is 10.2 Å². The van der Waals surface area contributed by atoms with E-state index >= 15 is 0 Å². The van der Waals surface area contributed by atoms with Crippen LogP contribution in [-0.4, -0.2) is 40.2 Å². The zero-order chi connectivity index (χ0) is 19.1. The number of ether oxygens (including phenoxy) is 2. The molecule has 1 amide bonds. The molecule has 2 aromatic carbocycles. The van der Waals surface area contributed by atoms with Crippen LogP contribution in [0.5, 0.6) is 11.5 Å². The van der Waals surface area contributed by atoms with Crippen molar-refractivity contribution in [2.75, 3.05) is 19.0 Å². The fourth-order valence-electron chi connectivity index (χ4n) is 2.68. The fourth-order valence-corrected chi connectivity index (χ4v) is 2.68. The van der Waals surface area contributed by atoms with E-state index in [0.29, 0.717) is 24.5 Å². The number of methoxy groups -OCH3 is 1. The second-order valence-electron chi connectivity index (χ2n) is 5.82. The minimum absolute atomic E-state index is 0.219. The summed E-state index contributed by atoms with van der Waals surface area (Å²) >= 11 is 0. The van der Waals surface area contributed by atoms with Crippen molar-refractivity contribution in [3.63, 3.8) is 0 Å². The standard InChI is InChI=1S/C19H21N5O3/c1-3-27-15-9-7-14(8-10-15)20-19(25)17(18-21-23-24-22-18)12-13-5-4-6-16(11-13)26-2/h4-11,17H,3,12H2,1-2H3,(H,20,25)(H,21,22,23,24)/t17-/m1/s1. The molecular formula is C19H21N5O3. The Hall–Kier alpha value is -3.42. The Labute approximate surface area is 156 Å². The molecule has 27 heavy (non-hydrogen) atoms. The molecule has 0 saturated heterocycles. The van der Waals surface area contributed by atoms with Crippen LogP contribution in [-0.2, 0) is 11.2 Å². The summed E-state index contributed by atoms with van der Waals surface area (Å²) in [5.74, 6) is 1.000. The first-order chi connectivity index (χ1) is 13.2. The van der Waals surface area contributed by atoms with Gasteiger partial charge in [0.15, 0.2) is 5.82 Å². The van der Waals surface area contributed by atoms with E-state index in [1.165, 1.54) is 0 Å². The van der Waals surface area contributed by atoms with Gasteiger partial charge in [0.2, 0.25) is 5.91 Å². The minimum atomic E-state index is -0.595. The third-order valence-corrected chi connectivity index (χ3v) is 4.00. The normalized spacial score (nSPS) is 11.6. The first kappa shape index (κ1) is 18.4. The number of aromatic nitrogens is 4. The molecule has 1 aromatic heterocycles. The molecule has 0 fully saturated rings. The predicted octanol–water partition coefficient (Wildman–Crippen LogP) is 2.57. The Morgan fingerprint density at radius 2 is 2.00 bits per heavy atom. The lowest BCUT2D eigenvalue weighted by atomic mass is 9.97. The lowest BCUT2D eigenvalue weighted by Crippen LogP contribution is -2.24. The van der Waals surface area contributed by atoms with Crippen LogP contribution in [0.4, 0.5) is 5.69 Å². The zero-order valence-corrected chi connectivity index (χ0v) is 15.2. The van der Waals surface area contributed by atoms with Gasteiger partial charge in [-0.2, -0.15) is 5.21 Å². The molecule has 1 heterocycles. The number of benzene rings is 2. The number of rotatable bonds is 8. The van der Waals surface area contributed by atoms with E-state index in [1.54, 1.807) is 19.2 Å². The van der Waals surface area contributed by atoms with Crippen LogP contribution in [0, 0.1) is 0 Å². The fraction of sp³-hybridized carbons (Fsp3) is 0.263. The first-order valence-electron chi connectivity index (χ1n) is 8.59. The lowest BCUT2D eigenvalue weighted by Gasteiger charge is -2.14. The largest absolute Gasteiger partial charge is 0.497 e. The Morgan fingerprint density at radius 1 is 1.19 bits per heavy atom. The third kappa shape index (κ3) is 4.81. The van der Waals surface area contributed by atoms with Crippen LogP contribution in [0.25, 0.3) is 0 Å². The summed E-state index contributed by atoms with van der Waals surface area (Å²) < 4.78 is 10.7. The Balaban J connectivity index is 1.77. The van der Waals surface area contributed by atoms with Crippen LogP contribution in [0.3, 0.4) is 0 Å². The highest BCUT2D eigenvalue weighted by Crippen LogP contribution is 2.23. The van der Waals surface area contributed by atoms with Crippen molar-refractivity contribution in [2.24, 2.45) is 0 Å². The molecule has 3 rings (SSSR count). The maximum absolute atomic E-state index is 12.9. The Bertz CT molecular complexity index is 865. The van der Waals surface area contributed by atoms with Crippen molar-refractivity contribution in [2.45, 2.75) is 19.3 Å². The maximum Gasteiger partial charge on any atom is 0.235 e. The van der Waals surface area contributed by atoms with E-state index in [9.17, 15) is 4.79 Å². The van der Waals surface area contributed by atoms with Crippen molar-refractivity contribution in [1.29, 1.82) is 0 Å². The van der Waals surface area contributed by atoms with E-state index in [-0.39, 0.29) is 5.91 Å². The second kappa shape index (κ2) is 8.79. The summed E-state index contributed by atoms with van der Waals surface area (Å²) in [6.45, 7) is 2.51.